The molecule has 0 atom stereocenters. The monoisotopic (exact) mass is 303 g/mol. The third kappa shape index (κ3) is 5.13. The number of nitrogens with zero attached hydrogens (tertiary/aromatic N) is 1. The third-order valence-electron chi connectivity index (χ3n) is 2.58. The van der Waals surface area contributed by atoms with E-state index in [0.29, 0.717) is 30.3 Å². The summed E-state index contributed by atoms with van der Waals surface area (Å²) in [6.45, 7) is 8.21. The van der Waals surface area contributed by atoms with Crippen molar-refractivity contribution in [2.45, 2.75) is 33.8 Å². The van der Waals surface area contributed by atoms with Gasteiger partial charge in [-0.2, -0.15) is 5.26 Å². The van der Waals surface area contributed by atoms with Crippen LogP contribution in [0.5, 0.6) is 11.5 Å². The van der Waals surface area contributed by atoms with Crippen LogP contribution in [0.25, 0.3) is 6.08 Å². The zero-order valence-electron chi connectivity index (χ0n) is 13.4. The molecule has 0 saturated carbocycles. The fourth-order valence-corrected chi connectivity index (χ4v) is 1.75. The molecule has 0 aliphatic heterocycles. The quantitative estimate of drug-likeness (QED) is 0.439. The Labute approximate surface area is 131 Å². The van der Waals surface area contributed by atoms with E-state index >= 15 is 0 Å². The SMILES string of the molecule is CCOc1ccc(OCC)c(/C=C(\C#N)C(=O)OC(C)C)c1. The summed E-state index contributed by atoms with van der Waals surface area (Å²) in [5.41, 5.74) is 0.522. The Bertz CT molecular complexity index is 585. The molecule has 5 nitrogen and oxygen atoms in total. The van der Waals surface area contributed by atoms with Crippen LogP contribution >= 0.6 is 0 Å². The number of hydrogen-bond donors (Lipinski definition) is 0. The number of nitriles is 1. The lowest BCUT2D eigenvalue weighted by Gasteiger charge is -2.11. The summed E-state index contributed by atoms with van der Waals surface area (Å²) in [6.07, 6.45) is 1.17. The summed E-state index contributed by atoms with van der Waals surface area (Å²) < 4.78 is 16.0. The highest BCUT2D eigenvalue weighted by atomic mass is 16.5. The van der Waals surface area contributed by atoms with Crippen LogP contribution in [-0.4, -0.2) is 25.3 Å². The van der Waals surface area contributed by atoms with Gasteiger partial charge in [0.1, 0.15) is 23.1 Å². The molecule has 118 valence electrons. The Morgan fingerprint density at radius 2 is 1.95 bits per heavy atom. The molecule has 0 aliphatic rings. The number of carbonyl (C=O) groups excluding carboxylic acids is 1. The number of hydrogen-bond acceptors (Lipinski definition) is 5. The van der Waals surface area contributed by atoms with Crippen molar-refractivity contribution < 1.29 is 19.0 Å². The standard InChI is InChI=1S/C17H21NO4/c1-5-20-15-7-8-16(21-6-2)13(10-15)9-14(11-18)17(19)22-12(3)4/h7-10,12H,5-6H2,1-4H3/b14-9+. The second-order valence-electron chi connectivity index (χ2n) is 4.69. The summed E-state index contributed by atoms with van der Waals surface area (Å²) >= 11 is 0. The second-order valence-corrected chi connectivity index (χ2v) is 4.69. The Morgan fingerprint density at radius 3 is 2.50 bits per heavy atom. The van der Waals surface area contributed by atoms with Crippen LogP contribution in [0.2, 0.25) is 0 Å². The maximum absolute atomic E-state index is 11.9. The molecule has 1 rings (SSSR count). The molecule has 22 heavy (non-hydrogen) atoms. The summed E-state index contributed by atoms with van der Waals surface area (Å²) in [7, 11) is 0. The van der Waals surface area contributed by atoms with Crippen LogP contribution in [0.1, 0.15) is 33.3 Å². The first-order valence-electron chi connectivity index (χ1n) is 7.24. The van der Waals surface area contributed by atoms with E-state index in [9.17, 15) is 10.1 Å². The Morgan fingerprint density at radius 1 is 1.27 bits per heavy atom. The van der Waals surface area contributed by atoms with E-state index in [1.165, 1.54) is 6.08 Å². The van der Waals surface area contributed by atoms with Crippen LogP contribution in [0.3, 0.4) is 0 Å². The van der Waals surface area contributed by atoms with E-state index < -0.39 is 5.97 Å². The third-order valence-corrected chi connectivity index (χ3v) is 2.58. The molecule has 0 fully saturated rings. The number of benzene rings is 1. The number of carbonyl (C=O) groups is 1. The maximum atomic E-state index is 11.9. The molecule has 0 radical (unpaired) electrons. The van der Waals surface area contributed by atoms with Crippen molar-refractivity contribution in [3.8, 4) is 17.6 Å². The fraction of sp³-hybridized carbons (Fsp3) is 0.412. The molecule has 1 aromatic rings. The topological polar surface area (TPSA) is 68.5 Å². The lowest BCUT2D eigenvalue weighted by molar-refractivity contribution is -0.142. The van der Waals surface area contributed by atoms with Crippen molar-refractivity contribution in [2.24, 2.45) is 0 Å². The zero-order chi connectivity index (χ0) is 16.5. The van der Waals surface area contributed by atoms with Crippen molar-refractivity contribution in [2.75, 3.05) is 13.2 Å². The van der Waals surface area contributed by atoms with Gasteiger partial charge in [-0.3, -0.25) is 0 Å². The second kappa shape index (κ2) is 8.73. The van der Waals surface area contributed by atoms with E-state index in [-0.39, 0.29) is 11.7 Å². The van der Waals surface area contributed by atoms with Crippen molar-refractivity contribution in [3.63, 3.8) is 0 Å². The van der Waals surface area contributed by atoms with Crippen LogP contribution < -0.4 is 9.47 Å². The molecular formula is C17H21NO4. The number of ether oxygens (including phenoxy) is 3. The lowest BCUT2D eigenvalue weighted by Crippen LogP contribution is -2.12. The highest BCUT2D eigenvalue weighted by Crippen LogP contribution is 2.27. The molecule has 0 spiro atoms. The van der Waals surface area contributed by atoms with E-state index in [0.717, 1.165) is 0 Å². The van der Waals surface area contributed by atoms with E-state index in [2.05, 4.69) is 0 Å². The summed E-state index contributed by atoms with van der Waals surface area (Å²) in [4.78, 5) is 11.9. The Hall–Kier alpha value is -2.48. The minimum absolute atomic E-state index is 0.0803. The van der Waals surface area contributed by atoms with Gasteiger partial charge in [0, 0.05) is 5.56 Å². The first-order chi connectivity index (χ1) is 10.5. The highest BCUT2D eigenvalue weighted by molar-refractivity contribution is 5.98. The number of rotatable bonds is 7. The molecule has 0 heterocycles. The van der Waals surface area contributed by atoms with Gasteiger partial charge in [0.15, 0.2) is 0 Å². The van der Waals surface area contributed by atoms with Gasteiger partial charge in [-0.1, -0.05) is 0 Å². The van der Waals surface area contributed by atoms with Gasteiger partial charge >= 0.3 is 5.97 Å². The number of esters is 1. The largest absolute Gasteiger partial charge is 0.494 e. The fourth-order valence-electron chi connectivity index (χ4n) is 1.75. The summed E-state index contributed by atoms with van der Waals surface area (Å²) in [5.74, 6) is 0.574. The summed E-state index contributed by atoms with van der Waals surface area (Å²) in [6, 6.07) is 7.13. The van der Waals surface area contributed by atoms with Gasteiger partial charge in [0.2, 0.25) is 0 Å². The Kier molecular flexibility index (Phi) is 6.97. The molecule has 0 amide bonds. The lowest BCUT2D eigenvalue weighted by atomic mass is 10.1. The van der Waals surface area contributed by atoms with Crippen molar-refractivity contribution in [1.29, 1.82) is 5.26 Å². The first-order valence-corrected chi connectivity index (χ1v) is 7.24. The van der Waals surface area contributed by atoms with E-state index in [1.54, 1.807) is 32.0 Å². The molecule has 0 bridgehead atoms. The van der Waals surface area contributed by atoms with Crippen molar-refractivity contribution in [3.05, 3.63) is 29.3 Å². The molecule has 0 aliphatic carbocycles. The van der Waals surface area contributed by atoms with Crippen LogP contribution in [0, 0.1) is 11.3 Å². The highest BCUT2D eigenvalue weighted by Gasteiger charge is 2.14. The van der Waals surface area contributed by atoms with Crippen LogP contribution in [0.4, 0.5) is 0 Å². The van der Waals surface area contributed by atoms with Crippen molar-refractivity contribution in [1.82, 2.24) is 0 Å². The molecular weight excluding hydrogens is 282 g/mol. The van der Waals surface area contributed by atoms with E-state index in [4.69, 9.17) is 14.2 Å². The van der Waals surface area contributed by atoms with Crippen molar-refractivity contribution >= 4 is 12.0 Å². The van der Waals surface area contributed by atoms with Crippen LogP contribution in [0.15, 0.2) is 23.8 Å². The van der Waals surface area contributed by atoms with Gasteiger partial charge in [-0.25, -0.2) is 4.79 Å². The van der Waals surface area contributed by atoms with Crippen LogP contribution in [-0.2, 0) is 9.53 Å². The summed E-state index contributed by atoms with van der Waals surface area (Å²) in [5, 5.41) is 9.17. The van der Waals surface area contributed by atoms with Gasteiger partial charge < -0.3 is 14.2 Å². The molecule has 0 N–H and O–H groups in total. The minimum Gasteiger partial charge on any atom is -0.494 e. The van der Waals surface area contributed by atoms with E-state index in [1.807, 2.05) is 19.9 Å². The average Bonchev–Trinajstić information content (AvgIpc) is 2.46. The maximum Gasteiger partial charge on any atom is 0.349 e. The molecule has 5 heteroatoms. The zero-order valence-corrected chi connectivity index (χ0v) is 13.4. The minimum atomic E-state index is -0.651. The normalized spacial score (nSPS) is 11.0. The van der Waals surface area contributed by atoms with Gasteiger partial charge in [0.25, 0.3) is 0 Å². The first kappa shape index (κ1) is 17.6. The van der Waals surface area contributed by atoms with Gasteiger partial charge in [-0.15, -0.1) is 0 Å². The average molecular weight is 303 g/mol. The molecule has 0 saturated heterocycles. The Balaban J connectivity index is 3.19. The molecule has 0 unspecified atom stereocenters. The predicted octanol–water partition coefficient (Wildman–Crippen LogP) is 3.34. The van der Waals surface area contributed by atoms with Gasteiger partial charge in [0.05, 0.1) is 19.3 Å². The predicted molar refractivity (Wildman–Crippen MR) is 83.6 cm³/mol. The van der Waals surface area contributed by atoms with Gasteiger partial charge in [-0.05, 0) is 52.0 Å². The molecule has 0 aromatic heterocycles. The molecule has 1 aromatic carbocycles. The smallest absolute Gasteiger partial charge is 0.349 e.